The summed E-state index contributed by atoms with van der Waals surface area (Å²) >= 11 is 1.53. The third-order valence-electron chi connectivity index (χ3n) is 2.61. The van der Waals surface area contributed by atoms with E-state index in [0.717, 1.165) is 0 Å². The lowest BCUT2D eigenvalue weighted by atomic mass is 10.2. The molecule has 7 heteroatoms. The molecule has 0 saturated carbocycles. The van der Waals surface area contributed by atoms with Crippen molar-refractivity contribution in [3.05, 3.63) is 0 Å². The Morgan fingerprint density at radius 1 is 1.47 bits per heavy atom. The van der Waals surface area contributed by atoms with Crippen LogP contribution in [0.25, 0.3) is 0 Å². The molecular weight excluding hydrogens is 244 g/mol. The van der Waals surface area contributed by atoms with E-state index >= 15 is 0 Å². The predicted octanol–water partition coefficient (Wildman–Crippen LogP) is -0.159. The lowest BCUT2D eigenvalue weighted by Gasteiger charge is -2.26. The van der Waals surface area contributed by atoms with Gasteiger partial charge in [-0.25, -0.2) is 0 Å². The fraction of sp³-hybridized carbons (Fsp3) is 0.700. The zero-order valence-corrected chi connectivity index (χ0v) is 10.7. The lowest BCUT2D eigenvalue weighted by Crippen LogP contribution is -2.47. The number of carboxylic acid groups (broad SMARTS) is 1. The summed E-state index contributed by atoms with van der Waals surface area (Å²) < 4.78 is 0. The molecule has 2 amide bonds. The van der Waals surface area contributed by atoms with E-state index in [2.05, 4.69) is 0 Å². The van der Waals surface area contributed by atoms with Gasteiger partial charge in [0.25, 0.3) is 0 Å². The van der Waals surface area contributed by atoms with E-state index in [4.69, 9.17) is 5.11 Å². The van der Waals surface area contributed by atoms with Crippen LogP contribution in [0.5, 0.6) is 0 Å². The zero-order valence-electron chi connectivity index (χ0n) is 9.88. The van der Waals surface area contributed by atoms with Gasteiger partial charge in [-0.3, -0.25) is 14.4 Å². The van der Waals surface area contributed by atoms with Crippen molar-refractivity contribution in [1.82, 2.24) is 9.80 Å². The second-order valence-corrected chi connectivity index (χ2v) is 4.91. The van der Waals surface area contributed by atoms with Crippen LogP contribution in [0, 0.1) is 0 Å². The van der Waals surface area contributed by atoms with E-state index in [1.807, 2.05) is 0 Å². The molecule has 6 nitrogen and oxygen atoms in total. The summed E-state index contributed by atoms with van der Waals surface area (Å²) in [5.74, 6) is -0.144. The third kappa shape index (κ3) is 3.62. The first-order valence-corrected chi connectivity index (χ1v) is 6.40. The fourth-order valence-corrected chi connectivity index (χ4v) is 2.80. The average Bonchev–Trinajstić information content (AvgIpc) is 2.73. The van der Waals surface area contributed by atoms with Crippen LogP contribution >= 0.6 is 11.8 Å². The van der Waals surface area contributed by atoms with Gasteiger partial charge in [-0.2, -0.15) is 0 Å². The Hall–Kier alpha value is -1.24. The summed E-state index contributed by atoms with van der Waals surface area (Å²) in [7, 11) is 1.56. The predicted molar refractivity (Wildman–Crippen MR) is 63.5 cm³/mol. The number of likely N-dealkylation sites (N-methyl/N-ethyl adjacent to an activating group) is 1. The van der Waals surface area contributed by atoms with Crippen LogP contribution in [0.2, 0.25) is 0 Å². The SMILES string of the molecule is CC(=O)N1CSCC1C(=O)N(C)CCC(=O)O. The molecule has 0 aromatic rings. The molecule has 1 heterocycles. The number of amides is 2. The van der Waals surface area contributed by atoms with Gasteiger partial charge in [0.15, 0.2) is 0 Å². The van der Waals surface area contributed by atoms with Crippen LogP contribution in [0.3, 0.4) is 0 Å². The number of aliphatic carboxylic acids is 1. The zero-order chi connectivity index (χ0) is 13.0. The highest BCUT2D eigenvalue weighted by Gasteiger charge is 2.34. The molecule has 1 fully saturated rings. The van der Waals surface area contributed by atoms with Gasteiger partial charge >= 0.3 is 5.97 Å². The molecule has 0 aliphatic carbocycles. The Balaban J connectivity index is 2.56. The highest BCUT2D eigenvalue weighted by molar-refractivity contribution is 7.99. The first-order valence-electron chi connectivity index (χ1n) is 5.25. The van der Waals surface area contributed by atoms with Crippen molar-refractivity contribution in [3.8, 4) is 0 Å². The van der Waals surface area contributed by atoms with E-state index in [0.29, 0.717) is 11.6 Å². The molecule has 0 bridgehead atoms. The molecule has 0 spiro atoms. The van der Waals surface area contributed by atoms with E-state index in [9.17, 15) is 14.4 Å². The summed E-state index contributed by atoms with van der Waals surface area (Å²) in [6, 6.07) is -0.448. The molecule has 96 valence electrons. The standard InChI is InChI=1S/C10H16N2O4S/c1-7(13)12-6-17-5-8(12)10(16)11(2)4-3-9(14)15/h8H,3-6H2,1-2H3,(H,14,15). The summed E-state index contributed by atoms with van der Waals surface area (Å²) in [6.07, 6.45) is -0.0812. The van der Waals surface area contributed by atoms with Crippen molar-refractivity contribution in [2.75, 3.05) is 25.2 Å². The maximum atomic E-state index is 12.0. The van der Waals surface area contributed by atoms with Crippen molar-refractivity contribution in [1.29, 1.82) is 0 Å². The molecule has 17 heavy (non-hydrogen) atoms. The largest absolute Gasteiger partial charge is 0.481 e. The molecule has 0 aromatic heterocycles. The van der Waals surface area contributed by atoms with Crippen LogP contribution in [0.1, 0.15) is 13.3 Å². The normalized spacial score (nSPS) is 19.2. The highest BCUT2D eigenvalue weighted by atomic mass is 32.2. The minimum absolute atomic E-state index is 0.0812. The lowest BCUT2D eigenvalue weighted by molar-refractivity contribution is -0.143. The Morgan fingerprint density at radius 2 is 2.12 bits per heavy atom. The number of hydrogen-bond acceptors (Lipinski definition) is 4. The van der Waals surface area contributed by atoms with Gasteiger partial charge in [0.1, 0.15) is 6.04 Å². The Morgan fingerprint density at radius 3 is 2.65 bits per heavy atom. The quantitative estimate of drug-likeness (QED) is 0.760. The number of carbonyl (C=O) groups excluding carboxylic acids is 2. The molecule has 1 saturated heterocycles. The monoisotopic (exact) mass is 260 g/mol. The topological polar surface area (TPSA) is 77.9 Å². The van der Waals surface area contributed by atoms with Gasteiger partial charge in [-0.05, 0) is 0 Å². The van der Waals surface area contributed by atoms with Crippen molar-refractivity contribution < 1.29 is 19.5 Å². The Labute approximate surface area is 104 Å². The van der Waals surface area contributed by atoms with Gasteiger partial charge in [0.05, 0.1) is 12.3 Å². The molecule has 0 radical (unpaired) electrons. The number of carbonyl (C=O) groups is 3. The van der Waals surface area contributed by atoms with E-state index in [1.54, 1.807) is 7.05 Å². The van der Waals surface area contributed by atoms with Crippen molar-refractivity contribution in [2.45, 2.75) is 19.4 Å². The van der Waals surface area contributed by atoms with Gasteiger partial charge in [-0.1, -0.05) is 0 Å². The number of thioether (sulfide) groups is 1. The number of hydrogen-bond donors (Lipinski definition) is 1. The molecule has 1 aliphatic heterocycles. The second kappa shape index (κ2) is 5.90. The van der Waals surface area contributed by atoms with Gasteiger partial charge in [0.2, 0.25) is 11.8 Å². The Bertz CT molecular complexity index is 334. The number of rotatable bonds is 4. The smallest absolute Gasteiger partial charge is 0.305 e. The van der Waals surface area contributed by atoms with Crippen molar-refractivity contribution in [3.63, 3.8) is 0 Å². The maximum Gasteiger partial charge on any atom is 0.305 e. The molecular formula is C10H16N2O4S. The van der Waals surface area contributed by atoms with E-state index in [-0.39, 0.29) is 24.8 Å². The molecule has 1 atom stereocenters. The van der Waals surface area contributed by atoms with Crippen LogP contribution < -0.4 is 0 Å². The molecule has 1 aliphatic rings. The fourth-order valence-electron chi connectivity index (χ4n) is 1.59. The van der Waals surface area contributed by atoms with Crippen LogP contribution in [0.15, 0.2) is 0 Å². The summed E-state index contributed by atoms with van der Waals surface area (Å²) in [5.41, 5.74) is 0. The first kappa shape index (κ1) is 13.8. The van der Waals surface area contributed by atoms with E-state index in [1.165, 1.54) is 28.5 Å². The highest BCUT2D eigenvalue weighted by Crippen LogP contribution is 2.22. The molecule has 1 N–H and O–H groups in total. The number of carboxylic acids is 1. The van der Waals surface area contributed by atoms with E-state index < -0.39 is 12.0 Å². The molecule has 1 unspecified atom stereocenters. The number of nitrogens with zero attached hydrogens (tertiary/aromatic N) is 2. The maximum absolute atomic E-state index is 12.0. The third-order valence-corrected chi connectivity index (χ3v) is 3.62. The van der Waals surface area contributed by atoms with Crippen LogP contribution in [-0.2, 0) is 14.4 Å². The summed E-state index contributed by atoms with van der Waals surface area (Å²) in [4.78, 5) is 36.6. The average molecular weight is 260 g/mol. The minimum Gasteiger partial charge on any atom is -0.481 e. The van der Waals surface area contributed by atoms with Crippen LogP contribution in [-0.4, -0.2) is 64.0 Å². The van der Waals surface area contributed by atoms with Crippen molar-refractivity contribution in [2.24, 2.45) is 0 Å². The molecule has 0 aromatic carbocycles. The van der Waals surface area contributed by atoms with Gasteiger partial charge in [-0.15, -0.1) is 11.8 Å². The second-order valence-electron chi connectivity index (χ2n) is 3.91. The van der Waals surface area contributed by atoms with Crippen LogP contribution in [0.4, 0.5) is 0 Å². The van der Waals surface area contributed by atoms with Gasteiger partial charge in [0, 0.05) is 26.3 Å². The molecule has 1 rings (SSSR count). The summed E-state index contributed by atoms with van der Waals surface area (Å²) in [5, 5.41) is 8.54. The van der Waals surface area contributed by atoms with Crippen molar-refractivity contribution >= 4 is 29.5 Å². The summed E-state index contributed by atoms with van der Waals surface area (Å²) in [6.45, 7) is 1.60. The Kier molecular flexibility index (Phi) is 4.80. The van der Waals surface area contributed by atoms with Gasteiger partial charge < -0.3 is 14.9 Å². The first-order chi connectivity index (χ1) is 7.93. The minimum atomic E-state index is -0.936.